The Balaban J connectivity index is 2.04. The van der Waals surface area contributed by atoms with Crippen molar-refractivity contribution in [2.45, 2.75) is 27.3 Å². The highest BCUT2D eigenvalue weighted by atomic mass is 32.1. The van der Waals surface area contributed by atoms with Crippen LogP contribution in [0.3, 0.4) is 0 Å². The first-order chi connectivity index (χ1) is 7.63. The minimum Gasteiger partial charge on any atom is -0.356 e. The zero-order valence-electron chi connectivity index (χ0n) is 9.61. The van der Waals surface area contributed by atoms with E-state index in [0.717, 1.165) is 28.9 Å². The molecule has 0 saturated heterocycles. The van der Waals surface area contributed by atoms with E-state index in [1.807, 2.05) is 20.8 Å². The van der Waals surface area contributed by atoms with Gasteiger partial charge in [-0.2, -0.15) is 4.37 Å². The molecule has 1 N–H and O–H groups in total. The van der Waals surface area contributed by atoms with E-state index < -0.39 is 0 Å². The first kappa shape index (κ1) is 11.0. The number of anilines is 1. The SMILES string of the molecule is Cc1cc(CNc2nc(C)ns2)cc(C)n1. The van der Waals surface area contributed by atoms with Crippen LogP contribution in [0.15, 0.2) is 12.1 Å². The molecule has 2 aromatic rings. The van der Waals surface area contributed by atoms with Crippen LogP contribution in [0.2, 0.25) is 0 Å². The van der Waals surface area contributed by atoms with Crippen LogP contribution in [0.4, 0.5) is 5.13 Å². The average Bonchev–Trinajstić information content (AvgIpc) is 2.60. The van der Waals surface area contributed by atoms with Gasteiger partial charge in [0.1, 0.15) is 5.82 Å². The van der Waals surface area contributed by atoms with Gasteiger partial charge in [0.2, 0.25) is 5.13 Å². The van der Waals surface area contributed by atoms with Crippen molar-refractivity contribution in [2.24, 2.45) is 0 Å². The minimum absolute atomic E-state index is 0.763. The third-order valence-corrected chi connectivity index (χ3v) is 2.88. The summed E-state index contributed by atoms with van der Waals surface area (Å²) in [5.41, 5.74) is 3.31. The van der Waals surface area contributed by atoms with Gasteiger partial charge in [0, 0.05) is 29.5 Å². The lowest BCUT2D eigenvalue weighted by atomic mass is 10.2. The van der Waals surface area contributed by atoms with E-state index in [4.69, 9.17) is 0 Å². The van der Waals surface area contributed by atoms with Crippen LogP contribution in [-0.2, 0) is 6.54 Å². The Hall–Kier alpha value is -1.49. The predicted octanol–water partition coefficient (Wildman–Crippen LogP) is 2.47. The number of rotatable bonds is 3. The second-order valence-electron chi connectivity index (χ2n) is 3.76. The van der Waals surface area contributed by atoms with Gasteiger partial charge < -0.3 is 5.32 Å². The second kappa shape index (κ2) is 4.57. The molecule has 0 fully saturated rings. The fraction of sp³-hybridized carbons (Fsp3) is 0.364. The van der Waals surface area contributed by atoms with Crippen molar-refractivity contribution in [2.75, 3.05) is 5.32 Å². The van der Waals surface area contributed by atoms with E-state index in [-0.39, 0.29) is 0 Å². The Bertz CT molecular complexity index is 472. The van der Waals surface area contributed by atoms with Crippen LogP contribution in [0.5, 0.6) is 0 Å². The summed E-state index contributed by atoms with van der Waals surface area (Å²) in [5.74, 6) is 0.814. The topological polar surface area (TPSA) is 50.7 Å². The van der Waals surface area contributed by atoms with Crippen molar-refractivity contribution in [1.82, 2.24) is 14.3 Å². The van der Waals surface area contributed by atoms with Crippen molar-refractivity contribution in [3.05, 3.63) is 34.9 Å². The molecule has 0 aromatic carbocycles. The molecule has 2 rings (SSSR count). The Morgan fingerprint density at radius 3 is 2.38 bits per heavy atom. The lowest BCUT2D eigenvalue weighted by Crippen LogP contribution is -2.01. The van der Waals surface area contributed by atoms with Gasteiger partial charge in [-0.1, -0.05) is 0 Å². The highest BCUT2D eigenvalue weighted by Gasteiger charge is 2.01. The molecule has 0 radical (unpaired) electrons. The molecule has 0 spiro atoms. The van der Waals surface area contributed by atoms with Crippen molar-refractivity contribution in [3.8, 4) is 0 Å². The maximum absolute atomic E-state index is 4.34. The summed E-state index contributed by atoms with van der Waals surface area (Å²) >= 11 is 1.39. The molecule has 0 aliphatic heterocycles. The summed E-state index contributed by atoms with van der Waals surface area (Å²) < 4.78 is 4.12. The zero-order valence-corrected chi connectivity index (χ0v) is 10.4. The molecule has 0 bridgehead atoms. The van der Waals surface area contributed by atoms with E-state index >= 15 is 0 Å². The van der Waals surface area contributed by atoms with E-state index in [0.29, 0.717) is 0 Å². The van der Waals surface area contributed by atoms with Crippen molar-refractivity contribution >= 4 is 16.7 Å². The van der Waals surface area contributed by atoms with Gasteiger partial charge >= 0.3 is 0 Å². The summed E-state index contributed by atoms with van der Waals surface area (Å²) in [7, 11) is 0. The quantitative estimate of drug-likeness (QED) is 0.886. The molecule has 0 saturated carbocycles. The lowest BCUT2D eigenvalue weighted by Gasteiger charge is -2.04. The van der Waals surface area contributed by atoms with Crippen LogP contribution >= 0.6 is 11.5 Å². The van der Waals surface area contributed by atoms with E-state index in [1.165, 1.54) is 17.1 Å². The molecule has 2 aromatic heterocycles. The number of nitrogens with zero attached hydrogens (tertiary/aromatic N) is 3. The predicted molar refractivity (Wildman–Crippen MR) is 65.7 cm³/mol. The normalized spacial score (nSPS) is 10.4. The van der Waals surface area contributed by atoms with Crippen molar-refractivity contribution in [1.29, 1.82) is 0 Å². The van der Waals surface area contributed by atoms with Crippen LogP contribution in [0.25, 0.3) is 0 Å². The van der Waals surface area contributed by atoms with E-state index in [9.17, 15) is 0 Å². The minimum atomic E-state index is 0.763. The number of hydrogen-bond donors (Lipinski definition) is 1. The van der Waals surface area contributed by atoms with Gasteiger partial charge in [-0.05, 0) is 38.5 Å². The van der Waals surface area contributed by atoms with Crippen LogP contribution < -0.4 is 5.32 Å². The highest BCUT2D eigenvalue weighted by molar-refractivity contribution is 7.09. The molecular formula is C11H14N4S. The van der Waals surface area contributed by atoms with Gasteiger partial charge in [-0.15, -0.1) is 0 Å². The lowest BCUT2D eigenvalue weighted by molar-refractivity contribution is 1.05. The maximum atomic E-state index is 4.34. The van der Waals surface area contributed by atoms with Crippen LogP contribution in [-0.4, -0.2) is 14.3 Å². The third-order valence-electron chi connectivity index (χ3n) is 2.11. The van der Waals surface area contributed by atoms with E-state index in [1.54, 1.807) is 0 Å². The molecule has 84 valence electrons. The largest absolute Gasteiger partial charge is 0.356 e. The maximum Gasteiger partial charge on any atom is 0.202 e. The molecule has 4 nitrogen and oxygen atoms in total. The van der Waals surface area contributed by atoms with Gasteiger partial charge in [0.05, 0.1) is 0 Å². The summed E-state index contributed by atoms with van der Waals surface area (Å²) in [6.45, 7) is 6.67. The number of aromatic nitrogens is 3. The average molecular weight is 234 g/mol. The van der Waals surface area contributed by atoms with Gasteiger partial charge in [0.15, 0.2) is 0 Å². The summed E-state index contributed by atoms with van der Waals surface area (Å²) in [6.07, 6.45) is 0. The Labute approximate surface area is 98.9 Å². The van der Waals surface area contributed by atoms with Crippen molar-refractivity contribution < 1.29 is 0 Å². The first-order valence-electron chi connectivity index (χ1n) is 5.12. The molecule has 0 amide bonds. The Morgan fingerprint density at radius 1 is 1.12 bits per heavy atom. The zero-order chi connectivity index (χ0) is 11.5. The standard InChI is InChI=1S/C11H14N4S/c1-7-4-10(5-8(2)13-7)6-12-11-14-9(3)15-16-11/h4-5H,6H2,1-3H3,(H,12,14,15). The Morgan fingerprint density at radius 2 is 1.81 bits per heavy atom. The fourth-order valence-electron chi connectivity index (χ4n) is 1.57. The Kier molecular flexibility index (Phi) is 3.14. The van der Waals surface area contributed by atoms with Crippen molar-refractivity contribution in [3.63, 3.8) is 0 Å². The number of pyridine rings is 1. The summed E-state index contributed by atoms with van der Waals surface area (Å²) in [5, 5.41) is 4.12. The number of aryl methyl sites for hydroxylation is 3. The van der Waals surface area contributed by atoms with Crippen LogP contribution in [0.1, 0.15) is 22.8 Å². The van der Waals surface area contributed by atoms with Gasteiger partial charge in [0.25, 0.3) is 0 Å². The smallest absolute Gasteiger partial charge is 0.202 e. The molecular weight excluding hydrogens is 220 g/mol. The molecule has 0 aliphatic carbocycles. The molecule has 0 unspecified atom stereocenters. The van der Waals surface area contributed by atoms with Gasteiger partial charge in [-0.3, -0.25) is 4.98 Å². The van der Waals surface area contributed by atoms with Gasteiger partial charge in [-0.25, -0.2) is 4.98 Å². The first-order valence-corrected chi connectivity index (χ1v) is 5.89. The molecule has 5 heteroatoms. The highest BCUT2D eigenvalue weighted by Crippen LogP contribution is 2.12. The van der Waals surface area contributed by atoms with Crippen LogP contribution in [0, 0.1) is 20.8 Å². The van der Waals surface area contributed by atoms with E-state index in [2.05, 4.69) is 31.8 Å². The monoisotopic (exact) mass is 234 g/mol. The fourth-order valence-corrected chi connectivity index (χ4v) is 2.14. The molecule has 0 atom stereocenters. The second-order valence-corrected chi connectivity index (χ2v) is 4.51. The molecule has 0 aliphatic rings. The third kappa shape index (κ3) is 2.76. The summed E-state index contributed by atoms with van der Waals surface area (Å²) in [4.78, 5) is 8.59. The molecule has 2 heterocycles. The number of hydrogen-bond acceptors (Lipinski definition) is 5. The summed E-state index contributed by atoms with van der Waals surface area (Å²) in [6, 6.07) is 4.15. The molecule has 16 heavy (non-hydrogen) atoms. The number of nitrogens with one attached hydrogen (secondary N) is 1.